The largest absolute Gasteiger partial charge is 0.408 e. The second-order valence-corrected chi connectivity index (χ2v) is 7.27. The van der Waals surface area contributed by atoms with Gasteiger partial charge in [-0.25, -0.2) is 0 Å². The van der Waals surface area contributed by atoms with Gasteiger partial charge >= 0.3 is 6.01 Å². The Morgan fingerprint density at radius 1 is 1.19 bits per heavy atom. The number of fused-ring (bicyclic) bond motifs is 1. The molecule has 3 aromatic rings. The third kappa shape index (κ3) is 7.02. The van der Waals surface area contributed by atoms with Crippen LogP contribution in [0.5, 0.6) is 0 Å². The average molecular weight is 459 g/mol. The first-order valence-corrected chi connectivity index (χ1v) is 10.1. The summed E-state index contributed by atoms with van der Waals surface area (Å²) in [6, 6.07) is 2.42. The van der Waals surface area contributed by atoms with Crippen molar-refractivity contribution in [3.8, 4) is 0 Å². The molecule has 0 unspecified atom stereocenters. The molecule has 3 heterocycles. The first-order valence-electron chi connectivity index (χ1n) is 10.1. The van der Waals surface area contributed by atoms with E-state index in [2.05, 4.69) is 46.5 Å². The number of carbonyl (C=O) groups is 1. The van der Waals surface area contributed by atoms with Crippen molar-refractivity contribution in [3.63, 3.8) is 0 Å². The zero-order valence-corrected chi connectivity index (χ0v) is 19.1. The van der Waals surface area contributed by atoms with Crippen LogP contribution in [0.4, 0.5) is 14.8 Å². The van der Waals surface area contributed by atoms with Gasteiger partial charge in [-0.2, -0.15) is 8.78 Å². The molecule has 0 saturated heterocycles. The minimum absolute atomic E-state index is 0. The van der Waals surface area contributed by atoms with Crippen LogP contribution in [0.25, 0.3) is 5.65 Å². The number of anilines is 1. The lowest BCUT2D eigenvalue weighted by Crippen LogP contribution is -2.20. The fourth-order valence-corrected chi connectivity index (χ4v) is 2.44. The maximum Gasteiger partial charge on any atom is 0.322 e. The minimum atomic E-state index is -3.07. The van der Waals surface area contributed by atoms with Gasteiger partial charge in [0.15, 0.2) is 5.65 Å². The molecular formula is C20H32F2N6O4. The molecule has 0 aromatic carbocycles. The summed E-state index contributed by atoms with van der Waals surface area (Å²) >= 11 is 0. The van der Waals surface area contributed by atoms with Gasteiger partial charge in [-0.15, -0.1) is 15.3 Å². The fourth-order valence-electron chi connectivity index (χ4n) is 2.44. The van der Waals surface area contributed by atoms with Crippen molar-refractivity contribution in [1.29, 1.82) is 0 Å². The van der Waals surface area contributed by atoms with Gasteiger partial charge in [0.25, 0.3) is 11.8 Å². The van der Waals surface area contributed by atoms with Gasteiger partial charge in [-0.05, 0) is 18.1 Å². The van der Waals surface area contributed by atoms with E-state index in [-0.39, 0.29) is 36.7 Å². The van der Waals surface area contributed by atoms with Crippen molar-refractivity contribution in [3.05, 3.63) is 35.1 Å². The van der Waals surface area contributed by atoms with Crippen LogP contribution in [0.15, 0.2) is 16.5 Å². The Balaban J connectivity index is 0.00000113. The zero-order chi connectivity index (χ0) is 24.5. The number of amides is 1. The summed E-state index contributed by atoms with van der Waals surface area (Å²) in [4.78, 5) is 12.5. The Morgan fingerprint density at radius 2 is 1.78 bits per heavy atom. The third-order valence-corrected chi connectivity index (χ3v) is 3.75. The van der Waals surface area contributed by atoms with Crippen LogP contribution >= 0.6 is 0 Å². The van der Waals surface area contributed by atoms with Crippen molar-refractivity contribution in [2.45, 2.75) is 60.3 Å². The number of nitrogens with zero attached hydrogens (tertiary/aromatic N) is 5. The average Bonchev–Trinajstić information content (AvgIpc) is 3.33. The van der Waals surface area contributed by atoms with Crippen LogP contribution in [-0.2, 0) is 12.3 Å². The molecule has 1 amide bonds. The van der Waals surface area contributed by atoms with Crippen molar-refractivity contribution in [2.75, 3.05) is 12.1 Å². The van der Waals surface area contributed by atoms with Gasteiger partial charge in [0.05, 0.1) is 11.3 Å². The van der Waals surface area contributed by atoms with Gasteiger partial charge in [-0.3, -0.25) is 14.5 Å². The molecule has 3 N–H and O–H groups in total. The summed E-state index contributed by atoms with van der Waals surface area (Å²) in [5.41, 5.74) is -0.119. The first-order chi connectivity index (χ1) is 15.0. The molecule has 0 bridgehead atoms. The molecule has 0 aliphatic heterocycles. The zero-order valence-electron chi connectivity index (χ0n) is 19.1. The fraction of sp³-hybridized carbons (Fsp3) is 0.550. The number of hydrogen-bond donors (Lipinski definition) is 3. The van der Waals surface area contributed by atoms with Crippen LogP contribution in [0.2, 0.25) is 0 Å². The number of aromatic nitrogens is 5. The number of pyridine rings is 1. The molecule has 0 fully saturated rings. The smallest absolute Gasteiger partial charge is 0.322 e. The maximum atomic E-state index is 14.3. The summed E-state index contributed by atoms with van der Waals surface area (Å²) in [6.45, 7) is 10.5. The molecule has 0 radical (unpaired) electrons. The second-order valence-electron chi connectivity index (χ2n) is 7.27. The Morgan fingerprint density at radius 3 is 2.25 bits per heavy atom. The highest BCUT2D eigenvalue weighted by atomic mass is 19.3. The van der Waals surface area contributed by atoms with Crippen LogP contribution in [0.3, 0.4) is 0 Å². The molecule has 12 heteroatoms. The minimum Gasteiger partial charge on any atom is -0.408 e. The molecule has 0 spiro atoms. The Kier molecular flexibility index (Phi) is 10.3. The third-order valence-electron chi connectivity index (χ3n) is 3.75. The quantitative estimate of drug-likeness (QED) is 0.493. The summed E-state index contributed by atoms with van der Waals surface area (Å²) in [5, 5.41) is 31.8. The lowest BCUT2D eigenvalue weighted by Gasteiger charge is -2.17. The van der Waals surface area contributed by atoms with Crippen molar-refractivity contribution >= 4 is 17.6 Å². The van der Waals surface area contributed by atoms with Crippen LogP contribution < -0.4 is 5.32 Å². The van der Waals surface area contributed by atoms with Crippen molar-refractivity contribution in [2.24, 2.45) is 5.92 Å². The standard InChI is InChI=1S/C15H16F2N6O2.C4H10.CH4O2.H2/c1-4-11-20-21-12-9(13(24)18-14-22-19-8(3)25-14)6-7-10(23(11)12)15(16,17)5-2;1-4(2)3;2-1-3;/h6-7H,4-5H2,1-3H3,(H,18,22,24);4H,1-3H3;2-3H,1H2;1H. The number of alkyl halides is 2. The molecule has 3 rings (SSSR count). The van der Waals surface area contributed by atoms with E-state index in [1.165, 1.54) is 23.5 Å². The maximum absolute atomic E-state index is 14.3. The number of halogens is 2. The second kappa shape index (κ2) is 12.2. The number of rotatable bonds is 5. The summed E-state index contributed by atoms with van der Waals surface area (Å²) in [6.07, 6.45) is 0.0120. The predicted molar refractivity (Wildman–Crippen MR) is 115 cm³/mol. The normalized spacial score (nSPS) is 11.0. The molecule has 180 valence electrons. The number of aliphatic hydroxyl groups is 2. The molecule has 10 nitrogen and oxygen atoms in total. The van der Waals surface area contributed by atoms with Crippen LogP contribution in [-0.4, -0.2) is 47.7 Å². The van der Waals surface area contributed by atoms with Crippen LogP contribution in [0, 0.1) is 12.8 Å². The number of aliphatic hydroxyl groups excluding tert-OH is 1. The van der Waals surface area contributed by atoms with Gasteiger partial charge in [0, 0.05) is 21.2 Å². The SMILES string of the molecule is CC(C)C.CCc1nnc2c(C(=O)Nc3nnc(C)o3)ccc(C(F)(F)CC)n12.OCO.[HH]. The van der Waals surface area contributed by atoms with E-state index in [9.17, 15) is 13.6 Å². The molecule has 32 heavy (non-hydrogen) atoms. The number of hydrogen-bond acceptors (Lipinski definition) is 8. The molecule has 0 aliphatic rings. The molecule has 0 aliphatic carbocycles. The lowest BCUT2D eigenvalue weighted by molar-refractivity contribution is -0.0141. The first kappa shape index (κ1) is 27.0. The van der Waals surface area contributed by atoms with Gasteiger partial charge < -0.3 is 14.6 Å². The summed E-state index contributed by atoms with van der Waals surface area (Å²) in [7, 11) is 0. The van der Waals surface area contributed by atoms with E-state index < -0.39 is 18.6 Å². The Bertz CT molecular complexity index is 1010. The van der Waals surface area contributed by atoms with E-state index in [0.717, 1.165) is 5.92 Å². The van der Waals surface area contributed by atoms with E-state index in [4.69, 9.17) is 14.6 Å². The monoisotopic (exact) mass is 458 g/mol. The highest BCUT2D eigenvalue weighted by Crippen LogP contribution is 2.33. The Labute approximate surface area is 186 Å². The van der Waals surface area contributed by atoms with Crippen molar-refractivity contribution < 1.29 is 29.6 Å². The molecular weight excluding hydrogens is 426 g/mol. The molecule has 0 atom stereocenters. The van der Waals surface area contributed by atoms with Gasteiger partial charge in [0.2, 0.25) is 5.89 Å². The predicted octanol–water partition coefficient (Wildman–Crippen LogP) is 3.57. The van der Waals surface area contributed by atoms with Gasteiger partial charge in [0.1, 0.15) is 12.6 Å². The van der Waals surface area contributed by atoms with Crippen molar-refractivity contribution in [1.82, 2.24) is 24.8 Å². The van der Waals surface area contributed by atoms with Crippen LogP contribution in [0.1, 0.15) is 70.2 Å². The number of nitrogens with one attached hydrogen (secondary N) is 1. The topological polar surface area (TPSA) is 139 Å². The number of aryl methyl sites for hydroxylation is 2. The molecule has 0 saturated carbocycles. The molecule has 3 aromatic heterocycles. The lowest BCUT2D eigenvalue weighted by atomic mass is 10.1. The number of carbonyl (C=O) groups excluding carboxylic acids is 1. The summed E-state index contributed by atoms with van der Waals surface area (Å²) < 4.78 is 34.9. The van der Waals surface area contributed by atoms with E-state index in [0.29, 0.717) is 12.2 Å². The van der Waals surface area contributed by atoms with E-state index >= 15 is 0 Å². The summed E-state index contributed by atoms with van der Waals surface area (Å²) in [5.74, 6) is -2.20. The highest BCUT2D eigenvalue weighted by molar-refractivity contribution is 6.07. The Hall–Kier alpha value is -2.99. The van der Waals surface area contributed by atoms with E-state index in [1.807, 2.05) is 0 Å². The highest BCUT2D eigenvalue weighted by Gasteiger charge is 2.34. The van der Waals surface area contributed by atoms with E-state index in [1.54, 1.807) is 13.8 Å². The van der Waals surface area contributed by atoms with Gasteiger partial charge in [-0.1, -0.05) is 39.7 Å².